The van der Waals surface area contributed by atoms with Gasteiger partial charge < -0.3 is 15.5 Å². The highest BCUT2D eigenvalue weighted by atomic mass is 19.4. The number of halogens is 4. The number of aromatic amines is 1. The highest BCUT2D eigenvalue weighted by molar-refractivity contribution is 5.75. The molecule has 1 saturated carbocycles. The zero-order valence-electron chi connectivity index (χ0n) is 20.1. The summed E-state index contributed by atoms with van der Waals surface area (Å²) in [6.07, 6.45) is 1.96. The summed E-state index contributed by atoms with van der Waals surface area (Å²) in [5.41, 5.74) is -1.30. The summed E-state index contributed by atoms with van der Waals surface area (Å²) < 4.78 is 48.2. The Morgan fingerprint density at radius 1 is 1.08 bits per heavy atom. The van der Waals surface area contributed by atoms with Crippen LogP contribution in [0.15, 0.2) is 48.7 Å². The molecule has 2 heterocycles. The molecule has 1 aliphatic carbocycles. The van der Waals surface area contributed by atoms with Gasteiger partial charge >= 0.3 is 12.1 Å². The first-order chi connectivity index (χ1) is 17.1. The molecule has 4 rings (SSSR count). The molecule has 0 amide bonds. The van der Waals surface area contributed by atoms with Gasteiger partial charge in [0.1, 0.15) is 11.6 Å². The quantitative estimate of drug-likeness (QED) is 0.284. The largest absolute Gasteiger partial charge is 0.505 e. The van der Waals surface area contributed by atoms with Gasteiger partial charge in [-0.15, -0.1) is 0 Å². The second kappa shape index (κ2) is 12.9. The molecule has 3 aromatic rings. The number of carboxylic acids is 1. The van der Waals surface area contributed by atoms with Crippen molar-refractivity contribution < 1.29 is 32.6 Å². The minimum atomic E-state index is -4.76. The van der Waals surface area contributed by atoms with E-state index in [0.717, 1.165) is 55.7 Å². The number of benzene rings is 1. The van der Waals surface area contributed by atoms with Gasteiger partial charge in [-0.25, -0.2) is 9.37 Å². The van der Waals surface area contributed by atoms with Gasteiger partial charge in [0, 0.05) is 18.2 Å². The number of aliphatic carboxylic acids is 1. The van der Waals surface area contributed by atoms with Crippen LogP contribution in [0.25, 0.3) is 0 Å². The van der Waals surface area contributed by atoms with E-state index in [1.807, 2.05) is 38.1 Å². The maximum atomic E-state index is 12.5. The first-order valence-corrected chi connectivity index (χ1v) is 11.6. The molecule has 1 fully saturated rings. The van der Waals surface area contributed by atoms with Crippen LogP contribution in [0.5, 0.6) is 5.75 Å². The van der Waals surface area contributed by atoms with Crippen molar-refractivity contribution in [3.63, 3.8) is 0 Å². The monoisotopic (exact) mass is 510 g/mol. The molecule has 7 nitrogen and oxygen atoms in total. The Kier molecular flexibility index (Phi) is 10.2. The molecule has 0 spiro atoms. The number of hydrogen-bond donors (Lipinski definition) is 4. The Morgan fingerprint density at radius 2 is 1.75 bits per heavy atom. The molecule has 1 aliphatic rings. The fourth-order valence-corrected chi connectivity index (χ4v) is 3.89. The number of carboxylic acid groups (broad SMARTS) is 1. The molecule has 0 unspecified atom stereocenters. The van der Waals surface area contributed by atoms with E-state index in [4.69, 9.17) is 5.11 Å². The number of carbonyl (C=O) groups is 1. The number of aromatic hydroxyl groups is 1. The minimum absolute atomic E-state index is 0.487. The van der Waals surface area contributed by atoms with Gasteiger partial charge in [-0.05, 0) is 37.1 Å². The lowest BCUT2D eigenvalue weighted by Crippen LogP contribution is -2.35. The van der Waals surface area contributed by atoms with Crippen molar-refractivity contribution in [2.75, 3.05) is 5.32 Å². The summed E-state index contributed by atoms with van der Waals surface area (Å²) in [4.78, 5) is 16.3. The second-order valence-electron chi connectivity index (χ2n) is 8.07. The van der Waals surface area contributed by atoms with Crippen molar-refractivity contribution in [3.05, 3.63) is 65.7 Å². The molecule has 0 aliphatic heterocycles. The maximum Gasteiger partial charge on any atom is 0.419 e. The van der Waals surface area contributed by atoms with E-state index in [9.17, 15) is 27.5 Å². The molecular weight excluding hydrogens is 480 g/mol. The van der Waals surface area contributed by atoms with E-state index in [-0.39, 0.29) is 0 Å². The Morgan fingerprint density at radius 3 is 2.31 bits per heavy atom. The van der Waals surface area contributed by atoms with Crippen molar-refractivity contribution in [2.45, 2.75) is 58.5 Å². The predicted octanol–water partition coefficient (Wildman–Crippen LogP) is 6.70. The molecule has 11 heteroatoms. The van der Waals surface area contributed by atoms with Crippen LogP contribution in [0.3, 0.4) is 0 Å². The summed E-state index contributed by atoms with van der Waals surface area (Å²) in [5, 5.41) is 28.1. The topological polar surface area (TPSA) is 111 Å². The van der Waals surface area contributed by atoms with Crippen LogP contribution in [0, 0.1) is 11.2 Å². The third-order valence-corrected chi connectivity index (χ3v) is 5.64. The molecule has 2 aromatic heterocycles. The average molecular weight is 511 g/mol. The van der Waals surface area contributed by atoms with E-state index in [1.54, 1.807) is 6.20 Å². The molecule has 196 valence electrons. The minimum Gasteiger partial charge on any atom is -0.505 e. The van der Waals surface area contributed by atoms with Gasteiger partial charge in [0.2, 0.25) is 0 Å². The van der Waals surface area contributed by atoms with Crippen molar-refractivity contribution in [3.8, 4) is 5.75 Å². The third-order valence-electron chi connectivity index (χ3n) is 5.64. The van der Waals surface area contributed by atoms with Crippen LogP contribution in [-0.2, 0) is 17.4 Å². The average Bonchev–Trinajstić information content (AvgIpc) is 3.36. The number of phenols is 1. The molecule has 0 radical (unpaired) electrons. The van der Waals surface area contributed by atoms with Crippen LogP contribution in [0.4, 0.5) is 29.2 Å². The highest BCUT2D eigenvalue weighted by Gasteiger charge is 2.40. The first-order valence-electron chi connectivity index (χ1n) is 11.6. The van der Waals surface area contributed by atoms with Crippen LogP contribution in [0.1, 0.15) is 57.2 Å². The SMILES string of the molecule is CC.O=C(O)C1(Cc2cccc(Nc3ccn[nH]3)n2)CCCCC1.Oc1cccc(C(F)(F)F)c1F. The number of nitrogens with zero attached hydrogens (tertiary/aromatic N) is 2. The van der Waals surface area contributed by atoms with Crippen molar-refractivity contribution in [2.24, 2.45) is 5.41 Å². The van der Waals surface area contributed by atoms with E-state index in [2.05, 4.69) is 20.5 Å². The van der Waals surface area contributed by atoms with Gasteiger partial charge in [-0.1, -0.05) is 45.2 Å². The molecule has 0 saturated heterocycles. The molecule has 4 N–H and O–H groups in total. The van der Waals surface area contributed by atoms with E-state index in [1.165, 1.54) is 0 Å². The van der Waals surface area contributed by atoms with E-state index in [0.29, 0.717) is 18.3 Å². The Labute approximate surface area is 206 Å². The van der Waals surface area contributed by atoms with Crippen LogP contribution >= 0.6 is 0 Å². The van der Waals surface area contributed by atoms with Crippen LogP contribution < -0.4 is 5.32 Å². The number of alkyl halides is 3. The fraction of sp³-hybridized carbons (Fsp3) is 0.400. The summed E-state index contributed by atoms with van der Waals surface area (Å²) in [5.74, 6) is -1.87. The van der Waals surface area contributed by atoms with E-state index >= 15 is 0 Å². The summed E-state index contributed by atoms with van der Waals surface area (Å²) in [6.45, 7) is 4.00. The number of hydrogen-bond acceptors (Lipinski definition) is 5. The Bertz CT molecular complexity index is 1100. The number of pyridine rings is 1. The lowest BCUT2D eigenvalue weighted by atomic mass is 9.71. The van der Waals surface area contributed by atoms with E-state index < -0.39 is 34.7 Å². The fourth-order valence-electron chi connectivity index (χ4n) is 3.89. The lowest BCUT2D eigenvalue weighted by molar-refractivity contribution is -0.151. The Hall–Kier alpha value is -3.63. The maximum absolute atomic E-state index is 12.5. The summed E-state index contributed by atoms with van der Waals surface area (Å²) in [6, 6.07) is 9.82. The molecular formula is C25H30F4N4O3. The number of phenolic OH excluding ortho intramolecular Hbond substituents is 1. The molecule has 1 aromatic carbocycles. The zero-order valence-corrected chi connectivity index (χ0v) is 20.1. The summed E-state index contributed by atoms with van der Waals surface area (Å²) in [7, 11) is 0. The van der Waals surface area contributed by atoms with Crippen molar-refractivity contribution in [1.29, 1.82) is 0 Å². The van der Waals surface area contributed by atoms with Gasteiger partial charge in [0.25, 0.3) is 0 Å². The van der Waals surface area contributed by atoms with Crippen LogP contribution in [0.2, 0.25) is 0 Å². The smallest absolute Gasteiger partial charge is 0.419 e. The van der Waals surface area contributed by atoms with Gasteiger partial charge in [0.15, 0.2) is 11.6 Å². The molecule has 0 atom stereocenters. The van der Waals surface area contributed by atoms with Crippen molar-refractivity contribution in [1.82, 2.24) is 15.2 Å². The number of H-pyrrole nitrogens is 1. The summed E-state index contributed by atoms with van der Waals surface area (Å²) >= 11 is 0. The number of anilines is 2. The van der Waals surface area contributed by atoms with Crippen molar-refractivity contribution >= 4 is 17.6 Å². The van der Waals surface area contributed by atoms with Crippen LogP contribution in [-0.4, -0.2) is 31.4 Å². The first kappa shape index (κ1) is 28.6. The zero-order chi connectivity index (χ0) is 26.8. The van der Waals surface area contributed by atoms with Gasteiger partial charge in [0.05, 0.1) is 17.2 Å². The Balaban J connectivity index is 0.000000277. The standard InChI is InChI=1S/C16H20N4O2.C7H4F4O.C2H6/c21-15(22)16(8-2-1-3-9-16)11-12-5-4-6-13(18-12)19-14-7-10-17-20-14;8-6-4(7(9,10)11)2-1-3-5(6)12;1-2/h4-7,10H,1-3,8-9,11H2,(H,21,22)(H2,17,18,19,20);1-3,12H;1-2H3. The molecule has 0 bridgehead atoms. The molecule has 36 heavy (non-hydrogen) atoms. The number of rotatable bonds is 5. The normalized spacial score (nSPS) is 14.5. The predicted molar refractivity (Wildman–Crippen MR) is 127 cm³/mol. The van der Waals surface area contributed by atoms with Gasteiger partial charge in [-0.2, -0.15) is 18.3 Å². The third kappa shape index (κ3) is 7.69. The lowest BCUT2D eigenvalue weighted by Gasteiger charge is -2.32. The number of aromatic nitrogens is 3. The van der Waals surface area contributed by atoms with Gasteiger partial charge in [-0.3, -0.25) is 9.89 Å². The highest BCUT2D eigenvalue weighted by Crippen LogP contribution is 2.39. The number of nitrogens with one attached hydrogen (secondary N) is 2. The second-order valence-corrected chi connectivity index (χ2v) is 8.07.